The summed E-state index contributed by atoms with van der Waals surface area (Å²) < 4.78 is 18.3. The predicted octanol–water partition coefficient (Wildman–Crippen LogP) is 3.29. The van der Waals surface area contributed by atoms with E-state index in [0.29, 0.717) is 17.2 Å². The highest BCUT2D eigenvalue weighted by Crippen LogP contribution is 2.52. The Morgan fingerprint density at radius 3 is 2.58 bits per heavy atom. The number of hydrogen-bond donors (Lipinski definition) is 2. The molecule has 2 aromatic rings. The van der Waals surface area contributed by atoms with Gasteiger partial charge in [0.05, 0.1) is 5.60 Å². The van der Waals surface area contributed by atoms with Gasteiger partial charge < -0.3 is 25.1 Å². The van der Waals surface area contributed by atoms with Crippen molar-refractivity contribution in [3.63, 3.8) is 0 Å². The summed E-state index contributed by atoms with van der Waals surface area (Å²) in [7, 11) is 0. The molecule has 2 aromatic carbocycles. The molecule has 4 rings (SSSR count). The molecule has 0 aliphatic carbocycles. The topological polar surface area (TPSA) is 86.3 Å². The first kappa shape index (κ1) is 17.2. The minimum atomic E-state index is -0.930. The molecule has 3 N–H and O–H groups in total. The molecule has 0 saturated carbocycles. The zero-order valence-electron chi connectivity index (χ0n) is 14.5. The zero-order valence-corrected chi connectivity index (χ0v) is 16.0. The number of aliphatic imine (C=N–C) groups is 1. The molecule has 0 unspecified atom stereocenters. The normalized spacial score (nSPS) is 20.7. The fraction of sp³-hybridized carbons (Fsp3) is 0.316. The maximum atomic E-state index is 9.90. The number of nitrogens with zero attached hydrogens (tertiary/aromatic N) is 1. The fourth-order valence-corrected chi connectivity index (χ4v) is 3.52. The lowest BCUT2D eigenvalue weighted by Gasteiger charge is -2.33. The Balaban J connectivity index is 1.83. The summed E-state index contributed by atoms with van der Waals surface area (Å²) in [5.74, 6) is 2.01. The molecule has 26 heavy (non-hydrogen) atoms. The number of ether oxygens (including phenoxy) is 3. The molecule has 0 saturated heterocycles. The van der Waals surface area contributed by atoms with Crippen LogP contribution < -0.4 is 15.2 Å². The molecular formula is C19H19BrN2O4. The molecule has 0 aromatic heterocycles. The Labute approximate surface area is 159 Å². The average molecular weight is 419 g/mol. The van der Waals surface area contributed by atoms with Crippen LogP contribution >= 0.6 is 15.9 Å². The minimum Gasteiger partial charge on any atom is -0.491 e. The fourth-order valence-electron chi connectivity index (χ4n) is 3.16. The van der Waals surface area contributed by atoms with Gasteiger partial charge in [-0.1, -0.05) is 15.9 Å². The maximum Gasteiger partial charge on any atom is 0.283 e. The van der Waals surface area contributed by atoms with Gasteiger partial charge >= 0.3 is 0 Å². The second-order valence-electron chi connectivity index (χ2n) is 7.10. The standard InChI is InChI=1S/C19H19BrN2O4/c1-18(2,23)9-24-12-4-6-16-14(8-12)19(10-25-17(21)22-19)13-7-11(20)3-5-15(13)26-16/h3-8,23H,9-10H2,1-2H3,(H2,21,22)/t19-/m0/s1. The summed E-state index contributed by atoms with van der Waals surface area (Å²) in [5.41, 5.74) is 5.83. The van der Waals surface area contributed by atoms with Crippen LogP contribution in [-0.4, -0.2) is 29.9 Å². The molecule has 7 heteroatoms. The highest BCUT2D eigenvalue weighted by atomic mass is 79.9. The number of nitrogens with two attached hydrogens (primary N) is 1. The number of halogens is 1. The van der Waals surface area contributed by atoms with Crippen LogP contribution in [0.2, 0.25) is 0 Å². The Morgan fingerprint density at radius 1 is 1.23 bits per heavy atom. The van der Waals surface area contributed by atoms with Crippen LogP contribution in [0.25, 0.3) is 0 Å². The second kappa shape index (κ2) is 5.89. The summed E-state index contributed by atoms with van der Waals surface area (Å²) in [4.78, 5) is 4.62. The van der Waals surface area contributed by atoms with Crippen molar-refractivity contribution < 1.29 is 19.3 Å². The molecule has 0 fully saturated rings. The van der Waals surface area contributed by atoms with Crippen molar-refractivity contribution in [1.82, 2.24) is 0 Å². The van der Waals surface area contributed by atoms with Crippen molar-refractivity contribution in [2.45, 2.75) is 25.0 Å². The summed E-state index contributed by atoms with van der Waals surface area (Å²) in [6.07, 6.45) is 0. The van der Waals surface area contributed by atoms with Gasteiger partial charge in [-0.25, -0.2) is 4.99 Å². The van der Waals surface area contributed by atoms with Crippen molar-refractivity contribution in [1.29, 1.82) is 0 Å². The molecule has 136 valence electrons. The molecule has 6 nitrogen and oxygen atoms in total. The third-order valence-electron chi connectivity index (χ3n) is 4.33. The quantitative estimate of drug-likeness (QED) is 0.798. The van der Waals surface area contributed by atoms with Gasteiger partial charge in [0.1, 0.15) is 30.5 Å². The molecule has 1 atom stereocenters. The van der Waals surface area contributed by atoms with E-state index in [1.165, 1.54) is 0 Å². The van der Waals surface area contributed by atoms with Crippen LogP contribution in [0.5, 0.6) is 17.2 Å². The van der Waals surface area contributed by atoms with Gasteiger partial charge in [0, 0.05) is 15.6 Å². The number of amidine groups is 1. The van der Waals surface area contributed by atoms with E-state index in [4.69, 9.17) is 19.9 Å². The molecular weight excluding hydrogens is 400 g/mol. The number of hydrogen-bond acceptors (Lipinski definition) is 6. The van der Waals surface area contributed by atoms with Crippen LogP contribution in [-0.2, 0) is 10.3 Å². The highest BCUT2D eigenvalue weighted by molar-refractivity contribution is 9.10. The molecule has 2 heterocycles. The maximum absolute atomic E-state index is 9.90. The van der Waals surface area contributed by atoms with E-state index in [2.05, 4.69) is 20.9 Å². The van der Waals surface area contributed by atoms with Gasteiger partial charge in [-0.05, 0) is 50.2 Å². The molecule has 0 bridgehead atoms. The van der Waals surface area contributed by atoms with Gasteiger partial charge in [0.15, 0.2) is 5.54 Å². The van der Waals surface area contributed by atoms with Crippen molar-refractivity contribution in [2.24, 2.45) is 10.7 Å². The van der Waals surface area contributed by atoms with Gasteiger partial charge in [0.2, 0.25) is 0 Å². The van der Waals surface area contributed by atoms with Gasteiger partial charge in [-0.15, -0.1) is 0 Å². The smallest absolute Gasteiger partial charge is 0.283 e. The Morgan fingerprint density at radius 2 is 1.92 bits per heavy atom. The minimum absolute atomic E-state index is 0.145. The summed E-state index contributed by atoms with van der Waals surface area (Å²) in [6.45, 7) is 3.84. The first-order valence-corrected chi connectivity index (χ1v) is 9.02. The van der Waals surface area contributed by atoms with Crippen LogP contribution in [0.4, 0.5) is 0 Å². The van der Waals surface area contributed by atoms with Crippen molar-refractivity contribution >= 4 is 22.0 Å². The monoisotopic (exact) mass is 418 g/mol. The molecule has 2 aliphatic heterocycles. The lowest BCUT2D eigenvalue weighted by molar-refractivity contribution is 0.0284. The van der Waals surface area contributed by atoms with Crippen LogP contribution in [0.15, 0.2) is 45.9 Å². The average Bonchev–Trinajstić information content (AvgIpc) is 2.96. The van der Waals surface area contributed by atoms with Gasteiger partial charge in [0.25, 0.3) is 6.02 Å². The summed E-state index contributed by atoms with van der Waals surface area (Å²) in [6, 6.07) is 11.4. The first-order chi connectivity index (χ1) is 12.3. The third kappa shape index (κ3) is 2.91. The second-order valence-corrected chi connectivity index (χ2v) is 8.02. The van der Waals surface area contributed by atoms with Gasteiger partial charge in [-0.3, -0.25) is 0 Å². The summed E-state index contributed by atoms with van der Waals surface area (Å²) >= 11 is 3.51. The highest BCUT2D eigenvalue weighted by Gasteiger charge is 2.47. The van der Waals surface area contributed by atoms with Crippen LogP contribution in [0.1, 0.15) is 25.0 Å². The zero-order chi connectivity index (χ0) is 18.5. The Bertz CT molecular complexity index is 907. The lowest BCUT2D eigenvalue weighted by atomic mass is 9.81. The van der Waals surface area contributed by atoms with Crippen molar-refractivity contribution in [3.05, 3.63) is 52.0 Å². The first-order valence-electron chi connectivity index (χ1n) is 8.23. The third-order valence-corrected chi connectivity index (χ3v) is 4.82. The van der Waals surface area contributed by atoms with Gasteiger partial charge in [-0.2, -0.15) is 0 Å². The van der Waals surface area contributed by atoms with Crippen molar-refractivity contribution in [2.75, 3.05) is 13.2 Å². The van der Waals surface area contributed by atoms with E-state index in [1.807, 2.05) is 36.4 Å². The number of benzene rings is 2. The predicted molar refractivity (Wildman–Crippen MR) is 101 cm³/mol. The lowest BCUT2D eigenvalue weighted by Crippen LogP contribution is -2.31. The largest absolute Gasteiger partial charge is 0.491 e. The number of aliphatic hydroxyl groups is 1. The van der Waals surface area contributed by atoms with Crippen LogP contribution in [0.3, 0.4) is 0 Å². The van der Waals surface area contributed by atoms with E-state index in [9.17, 15) is 5.11 Å². The summed E-state index contributed by atoms with van der Waals surface area (Å²) in [5, 5.41) is 9.90. The van der Waals surface area contributed by atoms with Crippen molar-refractivity contribution in [3.8, 4) is 17.2 Å². The van der Waals surface area contributed by atoms with Crippen LogP contribution in [0, 0.1) is 0 Å². The molecule has 0 radical (unpaired) electrons. The van der Waals surface area contributed by atoms with E-state index in [-0.39, 0.29) is 19.2 Å². The van der Waals surface area contributed by atoms with E-state index in [1.54, 1.807) is 13.8 Å². The molecule has 0 amide bonds. The number of rotatable bonds is 3. The number of fused-ring (bicyclic) bond motifs is 4. The van der Waals surface area contributed by atoms with E-state index in [0.717, 1.165) is 15.6 Å². The SMILES string of the molecule is CC(C)(O)COc1ccc2c(c1)[C@]1(COC(N)=N1)c1cc(Br)ccc1O2. The molecule has 2 aliphatic rings. The molecule has 1 spiro atoms. The Hall–Kier alpha value is -2.25. The van der Waals surface area contributed by atoms with E-state index < -0.39 is 11.1 Å². The Kier molecular flexibility index (Phi) is 3.89. The van der Waals surface area contributed by atoms with E-state index >= 15 is 0 Å².